The average Bonchev–Trinajstić information content (AvgIpc) is 2.75. The number of nitrogens with one attached hydrogen (secondary N) is 1. The van der Waals surface area contributed by atoms with Crippen molar-refractivity contribution >= 4 is 18.0 Å². The molecule has 150 valence electrons. The zero-order valence-electron chi connectivity index (χ0n) is 17.3. The lowest BCUT2D eigenvalue weighted by Gasteiger charge is -2.29. The highest BCUT2D eigenvalue weighted by atomic mass is 16.5. The summed E-state index contributed by atoms with van der Waals surface area (Å²) in [6.07, 6.45) is 4.12. The number of rotatable bonds is 5. The number of benzene rings is 1. The summed E-state index contributed by atoms with van der Waals surface area (Å²) in [5, 5.41) is 23.4. The SMILES string of the molecule is C=C(/C=c1/c(NCc2cccc(C#N)c2C)nnc(C)/c1=C/C)N1CCOCC1. The number of ether oxygens (including phenoxy) is 1. The lowest BCUT2D eigenvalue weighted by atomic mass is 10.0. The molecule has 1 aliphatic heterocycles. The number of aryl methyl sites for hydroxylation is 1. The van der Waals surface area contributed by atoms with Crippen molar-refractivity contribution in [1.82, 2.24) is 15.1 Å². The van der Waals surface area contributed by atoms with E-state index in [0.717, 1.165) is 46.0 Å². The molecular weight excluding hydrogens is 362 g/mol. The van der Waals surface area contributed by atoms with Gasteiger partial charge in [0.25, 0.3) is 0 Å². The normalized spacial score (nSPS) is 15.3. The lowest BCUT2D eigenvalue weighted by molar-refractivity contribution is 0.0564. The first-order valence-corrected chi connectivity index (χ1v) is 9.80. The van der Waals surface area contributed by atoms with E-state index in [-0.39, 0.29) is 0 Å². The van der Waals surface area contributed by atoms with Crippen LogP contribution in [-0.4, -0.2) is 41.4 Å². The minimum atomic E-state index is 0.563. The topological polar surface area (TPSA) is 74.1 Å². The van der Waals surface area contributed by atoms with Crippen LogP contribution in [0.1, 0.15) is 29.3 Å². The van der Waals surface area contributed by atoms with Crippen LogP contribution in [0.15, 0.2) is 30.5 Å². The third-order valence-electron chi connectivity index (χ3n) is 5.26. The number of nitriles is 1. The summed E-state index contributed by atoms with van der Waals surface area (Å²) in [6.45, 7) is 13.9. The van der Waals surface area contributed by atoms with Gasteiger partial charge in [-0.1, -0.05) is 24.8 Å². The van der Waals surface area contributed by atoms with Gasteiger partial charge >= 0.3 is 0 Å². The van der Waals surface area contributed by atoms with Crippen LogP contribution < -0.4 is 15.8 Å². The van der Waals surface area contributed by atoms with Gasteiger partial charge in [0.2, 0.25) is 0 Å². The zero-order valence-corrected chi connectivity index (χ0v) is 17.3. The van der Waals surface area contributed by atoms with Gasteiger partial charge in [-0.2, -0.15) is 10.4 Å². The number of hydrogen-bond acceptors (Lipinski definition) is 6. The van der Waals surface area contributed by atoms with Gasteiger partial charge in [-0.05, 0) is 44.0 Å². The predicted molar refractivity (Wildman–Crippen MR) is 115 cm³/mol. The molecule has 0 amide bonds. The molecule has 3 rings (SSSR count). The van der Waals surface area contributed by atoms with Gasteiger partial charge in [0.15, 0.2) is 5.82 Å². The average molecular weight is 390 g/mol. The minimum absolute atomic E-state index is 0.563. The molecule has 6 nitrogen and oxygen atoms in total. The summed E-state index contributed by atoms with van der Waals surface area (Å²) in [5.41, 5.74) is 4.55. The Kier molecular flexibility index (Phi) is 6.63. The van der Waals surface area contributed by atoms with Crippen LogP contribution in [0.3, 0.4) is 0 Å². The van der Waals surface area contributed by atoms with Crippen molar-refractivity contribution in [3.63, 3.8) is 0 Å². The smallest absolute Gasteiger partial charge is 0.156 e. The van der Waals surface area contributed by atoms with Gasteiger partial charge in [0.1, 0.15) is 0 Å². The molecule has 1 saturated heterocycles. The van der Waals surface area contributed by atoms with Crippen LogP contribution in [0.25, 0.3) is 12.2 Å². The summed E-state index contributed by atoms with van der Waals surface area (Å²) >= 11 is 0. The van der Waals surface area contributed by atoms with E-state index in [1.54, 1.807) is 0 Å². The molecule has 0 atom stereocenters. The van der Waals surface area contributed by atoms with Gasteiger partial charge in [-0.3, -0.25) is 0 Å². The Morgan fingerprint density at radius 2 is 2.03 bits per heavy atom. The van der Waals surface area contributed by atoms with E-state index in [9.17, 15) is 5.26 Å². The molecule has 0 saturated carbocycles. The van der Waals surface area contributed by atoms with E-state index in [1.807, 2.05) is 39.0 Å². The highest BCUT2D eigenvalue weighted by Crippen LogP contribution is 2.14. The Morgan fingerprint density at radius 3 is 2.72 bits per heavy atom. The van der Waals surface area contributed by atoms with E-state index in [1.165, 1.54) is 0 Å². The Labute approximate surface area is 171 Å². The fourth-order valence-electron chi connectivity index (χ4n) is 3.48. The molecule has 6 heteroatoms. The summed E-state index contributed by atoms with van der Waals surface area (Å²) < 4.78 is 5.45. The summed E-state index contributed by atoms with van der Waals surface area (Å²) in [6, 6.07) is 8.00. The van der Waals surface area contributed by atoms with E-state index in [2.05, 4.69) is 45.2 Å². The Balaban J connectivity index is 1.96. The van der Waals surface area contributed by atoms with Gasteiger partial charge < -0.3 is 15.0 Å². The number of morpholine rings is 1. The second-order valence-electron chi connectivity index (χ2n) is 7.04. The van der Waals surface area contributed by atoms with Crippen molar-refractivity contribution in [3.05, 3.63) is 63.3 Å². The van der Waals surface area contributed by atoms with Gasteiger partial charge in [-0.25, -0.2) is 0 Å². The van der Waals surface area contributed by atoms with Crippen molar-refractivity contribution < 1.29 is 4.74 Å². The van der Waals surface area contributed by atoms with Gasteiger partial charge in [-0.15, -0.1) is 5.10 Å². The standard InChI is InChI=1S/C23H27N5O/c1-5-21-18(4)26-27-23(22(21)13-16(2)28-9-11-29-12-10-28)25-15-20-8-6-7-19(14-24)17(20)3/h5-8,13H,2,9-12,15H2,1,3-4H3,(H,25,27)/b21-5-,22-13+. The molecule has 1 aromatic carbocycles. The number of anilines is 1. The van der Waals surface area contributed by atoms with Crippen LogP contribution in [0.5, 0.6) is 0 Å². The summed E-state index contributed by atoms with van der Waals surface area (Å²) in [4.78, 5) is 2.23. The zero-order chi connectivity index (χ0) is 20.8. The molecule has 0 aliphatic carbocycles. The summed E-state index contributed by atoms with van der Waals surface area (Å²) in [7, 11) is 0. The first-order valence-electron chi connectivity index (χ1n) is 9.80. The maximum atomic E-state index is 9.27. The maximum absolute atomic E-state index is 9.27. The van der Waals surface area contributed by atoms with Crippen LogP contribution in [0.4, 0.5) is 5.82 Å². The molecule has 1 N–H and O–H groups in total. The molecule has 0 radical (unpaired) electrons. The number of hydrogen-bond donors (Lipinski definition) is 1. The van der Waals surface area contributed by atoms with Crippen molar-refractivity contribution in [2.24, 2.45) is 0 Å². The van der Waals surface area contributed by atoms with E-state index in [4.69, 9.17) is 4.74 Å². The molecule has 0 spiro atoms. The van der Waals surface area contributed by atoms with Gasteiger partial charge in [0.05, 0.1) is 30.5 Å². The Morgan fingerprint density at radius 1 is 1.28 bits per heavy atom. The van der Waals surface area contributed by atoms with Gasteiger partial charge in [0, 0.05) is 35.8 Å². The van der Waals surface area contributed by atoms with Crippen LogP contribution in [0, 0.1) is 25.2 Å². The second kappa shape index (κ2) is 9.35. The molecule has 0 unspecified atom stereocenters. The molecule has 1 aliphatic rings. The molecule has 1 fully saturated rings. The van der Waals surface area contributed by atoms with Crippen molar-refractivity contribution in [2.75, 3.05) is 31.6 Å². The third-order valence-corrected chi connectivity index (χ3v) is 5.26. The molecule has 1 aromatic heterocycles. The van der Waals surface area contributed by atoms with Crippen molar-refractivity contribution in [3.8, 4) is 6.07 Å². The lowest BCUT2D eigenvalue weighted by Crippen LogP contribution is -2.37. The highest BCUT2D eigenvalue weighted by Gasteiger charge is 2.12. The largest absolute Gasteiger partial charge is 0.378 e. The van der Waals surface area contributed by atoms with Crippen molar-refractivity contribution in [1.29, 1.82) is 5.26 Å². The molecular formula is C23H27N5O. The fourth-order valence-corrected chi connectivity index (χ4v) is 3.48. The maximum Gasteiger partial charge on any atom is 0.156 e. The molecule has 2 heterocycles. The Hall–Kier alpha value is -3.17. The molecule has 2 aromatic rings. The van der Waals surface area contributed by atoms with E-state index >= 15 is 0 Å². The number of nitrogens with zero attached hydrogens (tertiary/aromatic N) is 4. The fraction of sp³-hybridized carbons (Fsp3) is 0.348. The van der Waals surface area contributed by atoms with E-state index in [0.29, 0.717) is 31.1 Å². The van der Waals surface area contributed by atoms with Crippen molar-refractivity contribution in [2.45, 2.75) is 27.3 Å². The number of allylic oxidation sites excluding steroid dienone is 1. The minimum Gasteiger partial charge on any atom is -0.378 e. The van der Waals surface area contributed by atoms with E-state index < -0.39 is 0 Å². The monoisotopic (exact) mass is 389 g/mol. The predicted octanol–water partition coefficient (Wildman–Crippen LogP) is 2.00. The van der Waals surface area contributed by atoms with Crippen LogP contribution in [0.2, 0.25) is 0 Å². The quantitative estimate of drug-likeness (QED) is 0.843. The number of aromatic nitrogens is 2. The van der Waals surface area contributed by atoms with Crippen LogP contribution >= 0.6 is 0 Å². The second-order valence-corrected chi connectivity index (χ2v) is 7.04. The highest BCUT2D eigenvalue weighted by molar-refractivity contribution is 5.54. The first-order chi connectivity index (χ1) is 14.0. The first kappa shape index (κ1) is 20.6. The summed E-state index contributed by atoms with van der Waals surface area (Å²) in [5.74, 6) is 0.708. The Bertz CT molecular complexity index is 1060. The van der Waals surface area contributed by atoms with Crippen LogP contribution in [-0.2, 0) is 11.3 Å². The molecule has 0 bridgehead atoms. The molecule has 29 heavy (non-hydrogen) atoms. The third kappa shape index (κ3) is 4.64.